The Labute approximate surface area is 125 Å². The number of rotatable bonds is 6. The average Bonchev–Trinajstić information content (AvgIpc) is 2.46. The lowest BCUT2D eigenvalue weighted by Crippen LogP contribution is -2.10. The van der Waals surface area contributed by atoms with Gasteiger partial charge in [0.15, 0.2) is 0 Å². The molecule has 0 spiro atoms. The number of nitrogens with zero attached hydrogens (tertiary/aromatic N) is 1. The van der Waals surface area contributed by atoms with Crippen molar-refractivity contribution in [2.75, 3.05) is 13.2 Å². The largest absolute Gasteiger partial charge is 0.490 e. The maximum absolute atomic E-state index is 5.84. The Morgan fingerprint density at radius 1 is 1.11 bits per heavy atom. The Bertz CT molecular complexity index is 522. The first kappa shape index (κ1) is 14.2. The minimum atomic E-state index is 0.362. The van der Waals surface area contributed by atoms with Gasteiger partial charge in [-0.05, 0) is 34.1 Å². The molecule has 1 aromatic carbocycles. The molecule has 0 radical (unpaired) electrons. The number of aromatic nitrogens is 1. The first-order valence-corrected chi connectivity index (χ1v) is 7.13. The highest BCUT2D eigenvalue weighted by Gasteiger charge is 2.05. The van der Waals surface area contributed by atoms with Crippen molar-refractivity contribution in [1.82, 2.24) is 4.98 Å². The normalized spacial score (nSPS) is 10.2. The summed E-state index contributed by atoms with van der Waals surface area (Å²) in [5, 5.41) is 0. The molecule has 0 atom stereocenters. The zero-order valence-corrected chi connectivity index (χ0v) is 12.5. The van der Waals surface area contributed by atoms with Crippen molar-refractivity contribution < 1.29 is 9.47 Å². The van der Waals surface area contributed by atoms with E-state index < -0.39 is 0 Å². The molecule has 100 valence electrons. The Hall–Kier alpha value is -1.26. The van der Waals surface area contributed by atoms with Crippen LogP contribution in [0.3, 0.4) is 0 Å². The van der Waals surface area contributed by atoms with Crippen LogP contribution in [0.15, 0.2) is 47.1 Å². The van der Waals surface area contributed by atoms with Crippen molar-refractivity contribution >= 4 is 27.5 Å². The molecule has 0 aliphatic rings. The molecule has 5 heteroatoms. The first-order valence-electron chi connectivity index (χ1n) is 5.80. The third-order valence-corrected chi connectivity index (χ3v) is 3.09. The second-order valence-electron chi connectivity index (χ2n) is 3.76. The summed E-state index contributed by atoms with van der Waals surface area (Å²) in [4.78, 5) is 4.18. The second-order valence-corrected chi connectivity index (χ2v) is 4.94. The summed E-state index contributed by atoms with van der Waals surface area (Å²) in [5.41, 5.74) is 0.857. The van der Waals surface area contributed by atoms with Gasteiger partial charge in [0.05, 0.1) is 5.88 Å². The summed E-state index contributed by atoms with van der Waals surface area (Å²) in [6.07, 6.45) is 1.68. The molecule has 0 amide bonds. The molecule has 0 fully saturated rings. The number of benzene rings is 1. The summed E-state index contributed by atoms with van der Waals surface area (Å²) < 4.78 is 12.0. The molecule has 2 aromatic rings. The lowest BCUT2D eigenvalue weighted by Gasteiger charge is -2.10. The molecular weight excluding hydrogens is 330 g/mol. The van der Waals surface area contributed by atoms with Gasteiger partial charge in [-0.3, -0.25) is 0 Å². The smallest absolute Gasteiger partial charge is 0.217 e. The van der Waals surface area contributed by atoms with Crippen LogP contribution >= 0.6 is 27.5 Å². The number of ether oxygens (including phenoxy) is 2. The van der Waals surface area contributed by atoms with Gasteiger partial charge in [0.2, 0.25) is 5.88 Å². The summed E-state index contributed by atoms with van der Waals surface area (Å²) in [5.74, 6) is 1.74. The minimum absolute atomic E-state index is 0.362. The van der Waals surface area contributed by atoms with Crippen LogP contribution in [0.25, 0.3) is 0 Å². The third kappa shape index (κ3) is 4.40. The van der Waals surface area contributed by atoms with Crippen molar-refractivity contribution in [1.29, 1.82) is 0 Å². The molecule has 2 rings (SSSR count). The molecule has 0 bridgehead atoms. The van der Waals surface area contributed by atoms with Crippen LogP contribution in [0.1, 0.15) is 5.56 Å². The van der Waals surface area contributed by atoms with Crippen molar-refractivity contribution in [2.24, 2.45) is 0 Å². The molecular formula is C14H13BrClNO2. The Balaban J connectivity index is 1.83. The van der Waals surface area contributed by atoms with Gasteiger partial charge in [-0.1, -0.05) is 18.2 Å². The van der Waals surface area contributed by atoms with E-state index in [-0.39, 0.29) is 0 Å². The van der Waals surface area contributed by atoms with Gasteiger partial charge in [-0.25, -0.2) is 4.98 Å². The van der Waals surface area contributed by atoms with Gasteiger partial charge in [0, 0.05) is 16.2 Å². The van der Waals surface area contributed by atoms with E-state index in [0.717, 1.165) is 15.8 Å². The second kappa shape index (κ2) is 7.36. The molecule has 0 saturated carbocycles. The van der Waals surface area contributed by atoms with Crippen molar-refractivity contribution in [3.8, 4) is 11.6 Å². The lowest BCUT2D eigenvalue weighted by atomic mass is 10.3. The fourth-order valence-corrected chi connectivity index (χ4v) is 2.08. The molecule has 1 aromatic heterocycles. The minimum Gasteiger partial charge on any atom is -0.490 e. The number of alkyl halides is 1. The van der Waals surface area contributed by atoms with Crippen LogP contribution in [-0.2, 0) is 5.88 Å². The number of pyridine rings is 1. The fraction of sp³-hybridized carbons (Fsp3) is 0.214. The van der Waals surface area contributed by atoms with E-state index in [4.69, 9.17) is 21.1 Å². The Kier molecular flexibility index (Phi) is 5.48. The maximum Gasteiger partial charge on any atom is 0.217 e. The van der Waals surface area contributed by atoms with Crippen molar-refractivity contribution in [3.63, 3.8) is 0 Å². The van der Waals surface area contributed by atoms with E-state index in [9.17, 15) is 0 Å². The molecule has 0 aliphatic carbocycles. The predicted octanol–water partition coefficient (Wildman–Crippen LogP) is 4.04. The molecule has 0 saturated heterocycles. The van der Waals surface area contributed by atoms with Crippen molar-refractivity contribution in [2.45, 2.75) is 5.88 Å². The quantitative estimate of drug-likeness (QED) is 0.586. The standard InChI is InChI=1S/C14H13BrClNO2/c15-12-8-11(9-16)14(17-10-12)19-7-6-18-13-4-2-1-3-5-13/h1-5,8,10H,6-7,9H2. The van der Waals surface area contributed by atoms with Crippen LogP contribution < -0.4 is 9.47 Å². The van der Waals surface area contributed by atoms with E-state index in [1.54, 1.807) is 6.20 Å². The first-order chi connectivity index (χ1) is 9.29. The molecule has 1 heterocycles. The van der Waals surface area contributed by atoms with E-state index >= 15 is 0 Å². The van der Waals surface area contributed by atoms with Gasteiger partial charge in [-0.2, -0.15) is 0 Å². The van der Waals surface area contributed by atoms with Gasteiger partial charge in [-0.15, -0.1) is 11.6 Å². The molecule has 0 N–H and O–H groups in total. The lowest BCUT2D eigenvalue weighted by molar-refractivity contribution is 0.211. The number of hydrogen-bond acceptors (Lipinski definition) is 3. The highest BCUT2D eigenvalue weighted by molar-refractivity contribution is 9.10. The zero-order valence-electron chi connectivity index (χ0n) is 10.2. The molecule has 0 unspecified atom stereocenters. The third-order valence-electron chi connectivity index (χ3n) is 2.37. The SMILES string of the molecule is ClCc1cc(Br)cnc1OCCOc1ccccc1. The number of halogens is 2. The monoisotopic (exact) mass is 341 g/mol. The van der Waals surface area contributed by atoms with Gasteiger partial charge in [0.1, 0.15) is 19.0 Å². The predicted molar refractivity (Wildman–Crippen MR) is 78.9 cm³/mol. The van der Waals surface area contributed by atoms with Crippen LogP contribution in [0.2, 0.25) is 0 Å². The summed E-state index contributed by atoms with van der Waals surface area (Å²) in [6.45, 7) is 0.886. The molecule has 19 heavy (non-hydrogen) atoms. The topological polar surface area (TPSA) is 31.4 Å². The van der Waals surface area contributed by atoms with Gasteiger partial charge in [0.25, 0.3) is 0 Å². The molecule has 3 nitrogen and oxygen atoms in total. The Morgan fingerprint density at radius 3 is 2.58 bits per heavy atom. The number of para-hydroxylation sites is 1. The summed E-state index contributed by atoms with van der Waals surface area (Å²) >= 11 is 9.19. The van der Waals surface area contributed by atoms with Gasteiger partial charge < -0.3 is 9.47 Å². The highest BCUT2D eigenvalue weighted by atomic mass is 79.9. The Morgan fingerprint density at radius 2 is 1.84 bits per heavy atom. The average molecular weight is 343 g/mol. The maximum atomic E-state index is 5.84. The fourth-order valence-electron chi connectivity index (χ4n) is 1.51. The van der Waals surface area contributed by atoms with Crippen LogP contribution in [-0.4, -0.2) is 18.2 Å². The number of hydrogen-bond donors (Lipinski definition) is 0. The van der Waals surface area contributed by atoms with Gasteiger partial charge >= 0.3 is 0 Å². The van der Waals surface area contributed by atoms with Crippen LogP contribution in [0, 0.1) is 0 Å². The van der Waals surface area contributed by atoms with Crippen molar-refractivity contribution in [3.05, 3.63) is 52.6 Å². The summed E-state index contributed by atoms with van der Waals surface area (Å²) in [6, 6.07) is 11.5. The zero-order chi connectivity index (χ0) is 13.5. The van der Waals surface area contributed by atoms with E-state index in [1.807, 2.05) is 36.4 Å². The summed E-state index contributed by atoms with van der Waals surface area (Å²) in [7, 11) is 0. The molecule has 0 aliphatic heterocycles. The van der Waals surface area contributed by atoms with E-state index in [0.29, 0.717) is 25.0 Å². The van der Waals surface area contributed by atoms with E-state index in [2.05, 4.69) is 20.9 Å². The highest BCUT2D eigenvalue weighted by Crippen LogP contribution is 2.21. The van der Waals surface area contributed by atoms with Crippen LogP contribution in [0.5, 0.6) is 11.6 Å². The van der Waals surface area contributed by atoms with E-state index in [1.165, 1.54) is 0 Å². The van der Waals surface area contributed by atoms with Crippen LogP contribution in [0.4, 0.5) is 0 Å².